The summed E-state index contributed by atoms with van der Waals surface area (Å²) in [7, 11) is -4.98. The molecule has 0 aliphatic rings. The molecule has 0 atom stereocenters. The molecule has 0 aliphatic heterocycles. The maximum absolute atomic E-state index is 12.5. The van der Waals surface area contributed by atoms with E-state index in [9.17, 15) is 26.4 Å². The first-order valence-electron chi connectivity index (χ1n) is 14.5. The SMILES string of the molecule is COC(=O)c1ccc(-c2ccc(S(=O)(=O)Nc3onc(C)c3Br)s2)cc1.COC(=O)c1ccc(-c2ccc(S(=O)(=O)Nc3onc(C)c3Br)s2)cc1. The molecule has 272 valence electrons. The van der Waals surface area contributed by atoms with Crippen LogP contribution in [0, 0.1) is 13.8 Å². The zero-order valence-corrected chi connectivity index (χ0v) is 33.7. The molecule has 0 saturated carbocycles. The van der Waals surface area contributed by atoms with Gasteiger partial charge in [-0.3, -0.25) is 0 Å². The first kappa shape index (κ1) is 38.9. The molecule has 2 N–H and O–H groups in total. The highest BCUT2D eigenvalue weighted by atomic mass is 79.9. The van der Waals surface area contributed by atoms with Crippen LogP contribution in [0.1, 0.15) is 32.1 Å². The van der Waals surface area contributed by atoms with Crippen LogP contribution in [0.25, 0.3) is 20.9 Å². The van der Waals surface area contributed by atoms with E-state index in [0.29, 0.717) is 31.5 Å². The normalized spacial score (nSPS) is 11.3. The molecule has 6 rings (SSSR count). The van der Waals surface area contributed by atoms with Gasteiger partial charge in [-0.05, 0) is 105 Å². The molecule has 14 nitrogen and oxygen atoms in total. The van der Waals surface area contributed by atoms with E-state index in [0.717, 1.165) is 43.6 Å². The zero-order chi connectivity index (χ0) is 37.8. The number of carbonyl (C=O) groups excluding carboxylic acids is 2. The molecule has 0 fully saturated rings. The number of nitrogens with zero attached hydrogens (tertiary/aromatic N) is 2. The number of aryl methyl sites for hydroxylation is 2. The highest BCUT2D eigenvalue weighted by molar-refractivity contribution is 9.11. The number of anilines is 2. The predicted octanol–water partition coefficient (Wildman–Crippen LogP) is 8.12. The van der Waals surface area contributed by atoms with E-state index in [4.69, 9.17) is 9.05 Å². The summed E-state index contributed by atoms with van der Waals surface area (Å²) in [4.78, 5) is 24.4. The van der Waals surface area contributed by atoms with E-state index in [1.54, 1.807) is 74.5 Å². The monoisotopic (exact) mass is 912 g/mol. The summed E-state index contributed by atoms with van der Waals surface area (Å²) in [6, 6.07) is 19.9. The minimum absolute atomic E-state index is 0.0277. The van der Waals surface area contributed by atoms with Crippen LogP contribution in [0.4, 0.5) is 11.8 Å². The van der Waals surface area contributed by atoms with Crippen molar-refractivity contribution in [3.63, 3.8) is 0 Å². The van der Waals surface area contributed by atoms with E-state index in [-0.39, 0.29) is 20.2 Å². The van der Waals surface area contributed by atoms with Crippen molar-refractivity contribution in [2.45, 2.75) is 22.3 Å². The van der Waals surface area contributed by atoms with Gasteiger partial charge < -0.3 is 18.5 Å². The molecule has 0 bridgehead atoms. The van der Waals surface area contributed by atoms with Gasteiger partial charge in [0.1, 0.15) is 17.4 Å². The number of ether oxygens (including phenoxy) is 2. The van der Waals surface area contributed by atoms with Crippen molar-refractivity contribution in [1.82, 2.24) is 10.3 Å². The summed E-state index contributed by atoms with van der Waals surface area (Å²) in [6.07, 6.45) is 0. The van der Waals surface area contributed by atoms with Crippen LogP contribution in [0.3, 0.4) is 0 Å². The Bertz CT molecular complexity index is 2280. The third-order valence-corrected chi connectivity index (χ3v) is 14.7. The van der Waals surface area contributed by atoms with Gasteiger partial charge in [0.05, 0.1) is 36.7 Å². The van der Waals surface area contributed by atoms with Crippen LogP contribution < -0.4 is 9.44 Å². The summed E-state index contributed by atoms with van der Waals surface area (Å²) in [5.74, 6) is -0.800. The summed E-state index contributed by atoms with van der Waals surface area (Å²) < 4.78 is 75.2. The van der Waals surface area contributed by atoms with Gasteiger partial charge in [0.25, 0.3) is 31.8 Å². The first-order valence-corrected chi connectivity index (χ1v) is 20.7. The maximum Gasteiger partial charge on any atom is 0.337 e. The summed E-state index contributed by atoms with van der Waals surface area (Å²) in [5.41, 5.74) is 3.52. The molecule has 0 saturated heterocycles. The first-order chi connectivity index (χ1) is 24.6. The Hall–Kier alpha value is -4.34. The number of rotatable bonds is 10. The highest BCUT2D eigenvalue weighted by Crippen LogP contribution is 2.35. The number of hydrogen-bond acceptors (Lipinski definition) is 14. The summed E-state index contributed by atoms with van der Waals surface area (Å²) >= 11 is 8.65. The Balaban J connectivity index is 0.000000201. The largest absolute Gasteiger partial charge is 0.465 e. The third-order valence-electron chi connectivity index (χ3n) is 6.91. The molecule has 4 aromatic heterocycles. The van der Waals surface area contributed by atoms with Crippen molar-refractivity contribution in [3.8, 4) is 20.9 Å². The van der Waals surface area contributed by atoms with E-state index in [1.165, 1.54) is 26.4 Å². The van der Waals surface area contributed by atoms with Crippen molar-refractivity contribution < 1.29 is 44.9 Å². The molecular formula is C32H26Br2N4O10S4. The van der Waals surface area contributed by atoms with Gasteiger partial charge in [0.2, 0.25) is 0 Å². The van der Waals surface area contributed by atoms with Crippen LogP contribution in [0.2, 0.25) is 0 Å². The number of halogens is 2. The Kier molecular flexibility index (Phi) is 12.1. The zero-order valence-electron chi connectivity index (χ0n) is 27.3. The van der Waals surface area contributed by atoms with Gasteiger partial charge >= 0.3 is 11.9 Å². The number of thiophene rings is 2. The fraction of sp³-hybridized carbons (Fsp3) is 0.125. The number of benzene rings is 2. The van der Waals surface area contributed by atoms with Crippen LogP contribution in [0.15, 0.2) is 99.2 Å². The number of aromatic nitrogens is 2. The molecule has 0 amide bonds. The summed E-state index contributed by atoms with van der Waals surface area (Å²) in [6.45, 7) is 3.37. The quantitative estimate of drug-likeness (QED) is 0.125. The Morgan fingerprint density at radius 2 is 0.962 bits per heavy atom. The number of methoxy groups -OCH3 is 2. The van der Waals surface area contributed by atoms with E-state index in [1.807, 2.05) is 0 Å². The van der Waals surface area contributed by atoms with E-state index in [2.05, 4.69) is 61.1 Å². The van der Waals surface area contributed by atoms with Gasteiger partial charge in [-0.25, -0.2) is 35.9 Å². The smallest absolute Gasteiger partial charge is 0.337 e. The molecule has 4 heterocycles. The van der Waals surface area contributed by atoms with Crippen molar-refractivity contribution >= 4 is 98.3 Å². The van der Waals surface area contributed by atoms with E-state index < -0.39 is 32.0 Å². The van der Waals surface area contributed by atoms with Crippen molar-refractivity contribution in [2.24, 2.45) is 0 Å². The van der Waals surface area contributed by atoms with E-state index >= 15 is 0 Å². The number of carbonyl (C=O) groups is 2. The van der Waals surface area contributed by atoms with Crippen LogP contribution in [-0.4, -0.2) is 53.3 Å². The molecule has 0 aliphatic carbocycles. The number of sulfonamides is 2. The lowest BCUT2D eigenvalue weighted by Gasteiger charge is -2.03. The second-order valence-corrected chi connectivity index (χ2v) is 18.0. The minimum Gasteiger partial charge on any atom is -0.465 e. The van der Waals surface area contributed by atoms with Gasteiger partial charge in [-0.1, -0.05) is 34.6 Å². The molecule has 2 aromatic carbocycles. The summed E-state index contributed by atoms with van der Waals surface area (Å²) in [5, 5.41) is 7.39. The Morgan fingerprint density at radius 3 is 1.25 bits per heavy atom. The molecule has 20 heteroatoms. The molecule has 0 unspecified atom stereocenters. The fourth-order valence-electron chi connectivity index (χ4n) is 4.20. The van der Waals surface area contributed by atoms with Gasteiger partial charge in [0, 0.05) is 9.75 Å². The lowest BCUT2D eigenvalue weighted by atomic mass is 10.1. The van der Waals surface area contributed by atoms with Gasteiger partial charge in [-0.2, -0.15) is 0 Å². The molecule has 0 spiro atoms. The second-order valence-electron chi connectivity index (χ2n) is 10.4. The number of nitrogens with one attached hydrogen (secondary N) is 2. The van der Waals surface area contributed by atoms with Gasteiger partial charge in [0.15, 0.2) is 0 Å². The van der Waals surface area contributed by atoms with Crippen LogP contribution >= 0.6 is 54.5 Å². The number of esters is 2. The average molecular weight is 915 g/mol. The molecular weight excluding hydrogens is 888 g/mol. The molecule has 52 heavy (non-hydrogen) atoms. The van der Waals surface area contributed by atoms with Crippen LogP contribution in [0.5, 0.6) is 0 Å². The standard InChI is InChI=1S/2C16H13BrN2O5S2/c2*1-9-14(17)15(24-18-9)19-26(21,22)13-8-7-12(25-13)10-3-5-11(6-4-10)16(20)23-2/h2*3-8,19H,1-2H3. The minimum atomic E-state index is -3.80. The lowest BCUT2D eigenvalue weighted by Crippen LogP contribution is -2.11. The molecule has 6 aromatic rings. The Morgan fingerprint density at radius 1 is 0.615 bits per heavy atom. The van der Waals surface area contributed by atoms with Crippen LogP contribution in [-0.2, 0) is 29.5 Å². The Labute approximate surface area is 322 Å². The second kappa shape index (κ2) is 16.1. The molecule has 0 radical (unpaired) electrons. The van der Waals surface area contributed by atoms with Crippen molar-refractivity contribution in [3.05, 3.63) is 104 Å². The van der Waals surface area contributed by atoms with Gasteiger partial charge in [-0.15, -0.1) is 22.7 Å². The highest BCUT2D eigenvalue weighted by Gasteiger charge is 2.23. The lowest BCUT2D eigenvalue weighted by molar-refractivity contribution is 0.0592. The third kappa shape index (κ3) is 8.81. The fourth-order valence-corrected chi connectivity index (χ4v) is 9.57. The average Bonchev–Trinajstić information content (AvgIpc) is 3.96. The predicted molar refractivity (Wildman–Crippen MR) is 202 cm³/mol. The maximum atomic E-state index is 12.5. The number of hydrogen-bond donors (Lipinski definition) is 2. The van der Waals surface area contributed by atoms with Crippen molar-refractivity contribution in [2.75, 3.05) is 23.7 Å². The van der Waals surface area contributed by atoms with Crippen molar-refractivity contribution in [1.29, 1.82) is 0 Å². The topological polar surface area (TPSA) is 197 Å².